The fraction of sp³-hybridized carbons (Fsp3) is 0.105. The van der Waals surface area contributed by atoms with Crippen molar-refractivity contribution < 1.29 is 9.63 Å². The molecule has 6 heteroatoms. The third kappa shape index (κ3) is 2.57. The molecule has 0 spiro atoms. The van der Waals surface area contributed by atoms with Crippen molar-refractivity contribution in [1.29, 1.82) is 0 Å². The van der Waals surface area contributed by atoms with Crippen LogP contribution in [0.5, 0.6) is 5.75 Å². The van der Waals surface area contributed by atoms with Gasteiger partial charge in [-0.25, -0.2) is 0 Å². The van der Waals surface area contributed by atoms with Crippen LogP contribution >= 0.6 is 0 Å². The second-order valence-electron chi connectivity index (χ2n) is 6.02. The molecule has 0 saturated carbocycles. The fourth-order valence-corrected chi connectivity index (χ4v) is 2.81. The number of benzene rings is 2. The molecule has 2 N–H and O–H groups in total. The molecule has 2 heterocycles. The Balaban J connectivity index is 1.89. The van der Waals surface area contributed by atoms with Crippen molar-refractivity contribution in [3.05, 3.63) is 63.9 Å². The molecular weight excluding hydrogens is 318 g/mol. The van der Waals surface area contributed by atoms with Gasteiger partial charge in [0.1, 0.15) is 11.3 Å². The topological polar surface area (TPSA) is 92.0 Å². The van der Waals surface area contributed by atoms with Gasteiger partial charge in [-0.3, -0.25) is 4.79 Å². The van der Waals surface area contributed by atoms with Crippen LogP contribution in [-0.2, 0) is 0 Å². The molecule has 0 radical (unpaired) electrons. The van der Waals surface area contributed by atoms with Gasteiger partial charge in [0.15, 0.2) is 0 Å². The number of pyridine rings is 1. The van der Waals surface area contributed by atoms with Crippen LogP contribution in [0.25, 0.3) is 33.7 Å². The maximum Gasteiger partial charge on any atom is 0.267 e. The first-order chi connectivity index (χ1) is 12.0. The van der Waals surface area contributed by atoms with Gasteiger partial charge in [-0.1, -0.05) is 40.5 Å². The summed E-state index contributed by atoms with van der Waals surface area (Å²) in [7, 11) is 0. The molecule has 0 aliphatic rings. The van der Waals surface area contributed by atoms with Gasteiger partial charge >= 0.3 is 0 Å². The van der Waals surface area contributed by atoms with Crippen LogP contribution in [0.3, 0.4) is 0 Å². The summed E-state index contributed by atoms with van der Waals surface area (Å²) in [4.78, 5) is 19.4. The molecule has 0 aliphatic heterocycles. The summed E-state index contributed by atoms with van der Waals surface area (Å²) in [5, 5.41) is 15.1. The van der Waals surface area contributed by atoms with Crippen molar-refractivity contribution in [2.45, 2.75) is 13.8 Å². The van der Waals surface area contributed by atoms with E-state index in [0.717, 1.165) is 16.7 Å². The van der Waals surface area contributed by atoms with Crippen molar-refractivity contribution in [2.24, 2.45) is 0 Å². The van der Waals surface area contributed by atoms with E-state index in [1.165, 1.54) is 0 Å². The molecule has 4 aromatic rings. The average Bonchev–Trinajstić information content (AvgIpc) is 3.05. The Labute approximate surface area is 142 Å². The Kier molecular flexibility index (Phi) is 3.39. The van der Waals surface area contributed by atoms with Gasteiger partial charge in [-0.2, -0.15) is 4.98 Å². The van der Waals surface area contributed by atoms with E-state index in [0.29, 0.717) is 16.7 Å². The zero-order valence-corrected chi connectivity index (χ0v) is 13.7. The van der Waals surface area contributed by atoms with Crippen molar-refractivity contribution in [2.75, 3.05) is 0 Å². The van der Waals surface area contributed by atoms with Gasteiger partial charge in [0.25, 0.3) is 11.4 Å². The summed E-state index contributed by atoms with van der Waals surface area (Å²) in [5.41, 5.74) is 2.85. The molecule has 25 heavy (non-hydrogen) atoms. The molecule has 0 bridgehead atoms. The number of fused-ring (bicyclic) bond motifs is 1. The molecule has 4 rings (SSSR count). The van der Waals surface area contributed by atoms with Gasteiger partial charge in [0.05, 0.1) is 5.52 Å². The third-order valence-electron chi connectivity index (χ3n) is 4.06. The lowest BCUT2D eigenvalue weighted by Crippen LogP contribution is -2.09. The van der Waals surface area contributed by atoms with E-state index in [1.807, 2.05) is 44.2 Å². The van der Waals surface area contributed by atoms with Gasteiger partial charge in [0, 0.05) is 10.9 Å². The average molecular weight is 333 g/mol. The van der Waals surface area contributed by atoms with E-state index in [4.69, 9.17) is 4.52 Å². The Bertz CT molecular complexity index is 1160. The van der Waals surface area contributed by atoms with Crippen LogP contribution in [0.4, 0.5) is 0 Å². The number of aromatic amines is 1. The van der Waals surface area contributed by atoms with Gasteiger partial charge in [0.2, 0.25) is 5.82 Å². The number of aromatic hydroxyl groups is 1. The van der Waals surface area contributed by atoms with Gasteiger partial charge < -0.3 is 14.6 Å². The van der Waals surface area contributed by atoms with Crippen molar-refractivity contribution >= 4 is 10.9 Å². The monoisotopic (exact) mass is 333 g/mol. The summed E-state index contributed by atoms with van der Waals surface area (Å²) in [6.45, 7) is 3.87. The van der Waals surface area contributed by atoms with E-state index in [9.17, 15) is 9.90 Å². The van der Waals surface area contributed by atoms with Crippen LogP contribution in [-0.4, -0.2) is 20.2 Å². The molecule has 2 aromatic carbocycles. The molecule has 0 saturated heterocycles. The van der Waals surface area contributed by atoms with E-state index in [-0.39, 0.29) is 17.2 Å². The first kappa shape index (κ1) is 15.1. The molecule has 0 atom stereocenters. The Morgan fingerprint density at radius 2 is 1.88 bits per heavy atom. The van der Waals surface area contributed by atoms with E-state index in [2.05, 4.69) is 15.1 Å². The number of aryl methyl sites for hydroxylation is 2. The SMILES string of the molecule is Cc1cccc(-c2noc(-c3c(O)c4cc(C)ccc4[nH]c3=O)n2)c1. The number of nitrogens with one attached hydrogen (secondary N) is 1. The maximum atomic E-state index is 12.4. The van der Waals surface area contributed by atoms with Gasteiger partial charge in [-0.05, 0) is 32.0 Å². The highest BCUT2D eigenvalue weighted by Gasteiger charge is 2.20. The quantitative estimate of drug-likeness (QED) is 0.585. The molecular formula is C19H15N3O3. The van der Waals surface area contributed by atoms with E-state index in [1.54, 1.807) is 12.1 Å². The summed E-state index contributed by atoms with van der Waals surface area (Å²) in [5.74, 6) is 0.183. The zero-order valence-electron chi connectivity index (χ0n) is 13.7. The minimum atomic E-state index is -0.478. The Morgan fingerprint density at radius 1 is 1.08 bits per heavy atom. The molecule has 6 nitrogen and oxygen atoms in total. The third-order valence-corrected chi connectivity index (χ3v) is 4.06. The van der Waals surface area contributed by atoms with Crippen molar-refractivity contribution in [1.82, 2.24) is 15.1 Å². The highest BCUT2D eigenvalue weighted by molar-refractivity contribution is 5.90. The highest BCUT2D eigenvalue weighted by Crippen LogP contribution is 2.32. The van der Waals surface area contributed by atoms with Crippen LogP contribution in [0.15, 0.2) is 51.8 Å². The first-order valence-corrected chi connectivity index (χ1v) is 7.79. The predicted molar refractivity (Wildman–Crippen MR) is 94.4 cm³/mol. The molecule has 0 amide bonds. The van der Waals surface area contributed by atoms with E-state index < -0.39 is 5.56 Å². The highest BCUT2D eigenvalue weighted by atomic mass is 16.5. The number of hydrogen-bond donors (Lipinski definition) is 2. The van der Waals surface area contributed by atoms with Gasteiger partial charge in [-0.15, -0.1) is 0 Å². The minimum Gasteiger partial charge on any atom is -0.506 e. The van der Waals surface area contributed by atoms with Crippen molar-refractivity contribution in [3.8, 4) is 28.6 Å². The number of nitrogens with zero attached hydrogens (tertiary/aromatic N) is 2. The predicted octanol–water partition coefficient (Wildman–Crippen LogP) is 3.57. The Morgan fingerprint density at radius 3 is 2.68 bits per heavy atom. The lowest BCUT2D eigenvalue weighted by molar-refractivity contribution is 0.426. The lowest BCUT2D eigenvalue weighted by Gasteiger charge is -2.05. The second-order valence-corrected chi connectivity index (χ2v) is 6.02. The summed E-state index contributed by atoms with van der Waals surface area (Å²) in [6, 6.07) is 13.0. The zero-order chi connectivity index (χ0) is 17.6. The van der Waals surface area contributed by atoms with Crippen LogP contribution in [0, 0.1) is 13.8 Å². The number of hydrogen-bond acceptors (Lipinski definition) is 5. The summed E-state index contributed by atoms with van der Waals surface area (Å²) >= 11 is 0. The van der Waals surface area contributed by atoms with Crippen LogP contribution < -0.4 is 5.56 Å². The molecule has 124 valence electrons. The van der Waals surface area contributed by atoms with Crippen LogP contribution in [0.1, 0.15) is 11.1 Å². The molecule has 2 aromatic heterocycles. The molecule has 0 aliphatic carbocycles. The number of aromatic nitrogens is 3. The first-order valence-electron chi connectivity index (χ1n) is 7.79. The second kappa shape index (κ2) is 5.59. The van der Waals surface area contributed by atoms with Crippen molar-refractivity contribution in [3.63, 3.8) is 0 Å². The molecule has 0 fully saturated rings. The largest absolute Gasteiger partial charge is 0.506 e. The Hall–Kier alpha value is -3.41. The number of H-pyrrole nitrogens is 1. The lowest BCUT2D eigenvalue weighted by atomic mass is 10.1. The number of rotatable bonds is 2. The maximum absolute atomic E-state index is 12.4. The fourth-order valence-electron chi connectivity index (χ4n) is 2.81. The van der Waals surface area contributed by atoms with E-state index >= 15 is 0 Å². The van der Waals surface area contributed by atoms with Crippen LogP contribution in [0.2, 0.25) is 0 Å². The summed E-state index contributed by atoms with van der Waals surface area (Å²) in [6.07, 6.45) is 0. The normalized spacial score (nSPS) is 11.1. The summed E-state index contributed by atoms with van der Waals surface area (Å²) < 4.78 is 5.24. The standard InChI is InChI=1S/C19H15N3O3/c1-10-4-3-5-12(8-10)17-21-19(25-22-17)15-16(23)13-9-11(2)6-7-14(13)20-18(15)24/h3-9H,1-2H3,(H2,20,23,24). The minimum absolute atomic E-state index is 0.0151. The molecule has 0 unspecified atom stereocenters. The smallest absolute Gasteiger partial charge is 0.267 e.